The standard InChI is InChI=1S/C14H23N3O/c1-3-9-18-10-13-16-12-8-6-5-7-11(12)14(17-13)15-4-2/h3-10H2,1-2H3,(H,15,16,17). The van der Waals surface area contributed by atoms with Crippen molar-refractivity contribution in [2.45, 2.75) is 52.6 Å². The summed E-state index contributed by atoms with van der Waals surface area (Å²) in [4.78, 5) is 9.25. The molecule has 4 heteroatoms. The molecule has 100 valence electrons. The van der Waals surface area contributed by atoms with Gasteiger partial charge in [-0.25, -0.2) is 9.97 Å². The average Bonchev–Trinajstić information content (AvgIpc) is 2.39. The van der Waals surface area contributed by atoms with Gasteiger partial charge in [0.05, 0.1) is 0 Å². The number of fused-ring (bicyclic) bond motifs is 1. The number of hydrogen-bond donors (Lipinski definition) is 1. The van der Waals surface area contributed by atoms with Gasteiger partial charge in [-0.2, -0.15) is 0 Å². The van der Waals surface area contributed by atoms with Crippen molar-refractivity contribution in [1.29, 1.82) is 0 Å². The molecule has 0 saturated heterocycles. The van der Waals surface area contributed by atoms with Gasteiger partial charge in [0.1, 0.15) is 12.4 Å². The van der Waals surface area contributed by atoms with Gasteiger partial charge in [0, 0.05) is 24.4 Å². The van der Waals surface area contributed by atoms with Gasteiger partial charge in [-0.15, -0.1) is 0 Å². The van der Waals surface area contributed by atoms with Crippen molar-refractivity contribution in [3.05, 3.63) is 17.1 Å². The Hall–Kier alpha value is -1.16. The maximum absolute atomic E-state index is 5.54. The van der Waals surface area contributed by atoms with Gasteiger partial charge in [-0.1, -0.05) is 6.92 Å². The molecule has 1 aromatic heterocycles. The molecule has 0 unspecified atom stereocenters. The van der Waals surface area contributed by atoms with E-state index in [1.54, 1.807) is 0 Å². The predicted molar refractivity (Wildman–Crippen MR) is 72.8 cm³/mol. The van der Waals surface area contributed by atoms with Crippen molar-refractivity contribution in [2.24, 2.45) is 0 Å². The molecule has 0 aromatic carbocycles. The lowest BCUT2D eigenvalue weighted by Gasteiger charge is -2.19. The molecule has 1 heterocycles. The van der Waals surface area contributed by atoms with Crippen molar-refractivity contribution in [2.75, 3.05) is 18.5 Å². The first kappa shape index (κ1) is 13.3. The maximum Gasteiger partial charge on any atom is 0.156 e. The number of aromatic nitrogens is 2. The topological polar surface area (TPSA) is 47.0 Å². The fourth-order valence-electron chi connectivity index (χ4n) is 2.33. The van der Waals surface area contributed by atoms with E-state index in [2.05, 4.69) is 29.1 Å². The molecule has 0 radical (unpaired) electrons. The van der Waals surface area contributed by atoms with E-state index in [-0.39, 0.29) is 0 Å². The highest BCUT2D eigenvalue weighted by molar-refractivity contribution is 5.47. The number of hydrogen-bond acceptors (Lipinski definition) is 4. The van der Waals surface area contributed by atoms with E-state index < -0.39 is 0 Å². The van der Waals surface area contributed by atoms with Crippen molar-refractivity contribution < 1.29 is 4.74 Å². The normalized spacial score (nSPS) is 14.3. The lowest BCUT2D eigenvalue weighted by molar-refractivity contribution is 0.116. The van der Waals surface area contributed by atoms with Crippen molar-refractivity contribution in [1.82, 2.24) is 9.97 Å². The van der Waals surface area contributed by atoms with Crippen molar-refractivity contribution in [3.63, 3.8) is 0 Å². The van der Waals surface area contributed by atoms with Crippen LogP contribution in [-0.2, 0) is 24.2 Å². The number of aryl methyl sites for hydroxylation is 1. The van der Waals surface area contributed by atoms with Crippen LogP contribution in [-0.4, -0.2) is 23.1 Å². The van der Waals surface area contributed by atoms with E-state index in [0.717, 1.165) is 44.1 Å². The van der Waals surface area contributed by atoms with Gasteiger partial charge in [0.25, 0.3) is 0 Å². The Morgan fingerprint density at radius 1 is 1.17 bits per heavy atom. The highest BCUT2D eigenvalue weighted by atomic mass is 16.5. The minimum absolute atomic E-state index is 0.527. The SMILES string of the molecule is CCCOCc1nc2c(c(NCC)n1)CCCC2. The number of rotatable bonds is 6. The third kappa shape index (κ3) is 3.19. The molecule has 1 N–H and O–H groups in total. The van der Waals surface area contributed by atoms with Crippen LogP contribution in [0.3, 0.4) is 0 Å². The fraction of sp³-hybridized carbons (Fsp3) is 0.714. The Balaban J connectivity index is 2.18. The lowest BCUT2D eigenvalue weighted by Crippen LogP contribution is -2.15. The molecule has 0 aliphatic heterocycles. The molecule has 0 bridgehead atoms. The first-order chi connectivity index (χ1) is 8.85. The van der Waals surface area contributed by atoms with Gasteiger partial charge in [-0.3, -0.25) is 0 Å². The second kappa shape index (κ2) is 6.69. The molecule has 0 amide bonds. The molecular formula is C14H23N3O. The molecule has 0 spiro atoms. The van der Waals surface area contributed by atoms with Gasteiger partial charge in [0.2, 0.25) is 0 Å². The van der Waals surface area contributed by atoms with E-state index in [4.69, 9.17) is 4.74 Å². The summed E-state index contributed by atoms with van der Waals surface area (Å²) in [6.45, 7) is 6.41. The zero-order valence-electron chi connectivity index (χ0n) is 11.5. The molecule has 0 fully saturated rings. The van der Waals surface area contributed by atoms with Crippen molar-refractivity contribution >= 4 is 5.82 Å². The Morgan fingerprint density at radius 2 is 2.00 bits per heavy atom. The summed E-state index contributed by atoms with van der Waals surface area (Å²) in [6.07, 6.45) is 5.71. The van der Waals surface area contributed by atoms with Crippen LogP contribution < -0.4 is 5.32 Å². The molecule has 1 aliphatic rings. The molecular weight excluding hydrogens is 226 g/mol. The number of ether oxygens (including phenoxy) is 1. The minimum atomic E-state index is 0.527. The summed E-state index contributed by atoms with van der Waals surface area (Å²) >= 11 is 0. The first-order valence-corrected chi connectivity index (χ1v) is 7.05. The second-order valence-corrected chi connectivity index (χ2v) is 4.70. The Bertz CT molecular complexity index is 393. The molecule has 0 saturated carbocycles. The summed E-state index contributed by atoms with van der Waals surface area (Å²) in [5.74, 6) is 1.84. The average molecular weight is 249 g/mol. The van der Waals surface area contributed by atoms with Crippen LogP contribution in [0.5, 0.6) is 0 Å². The van der Waals surface area contributed by atoms with E-state index in [1.807, 2.05) is 0 Å². The predicted octanol–water partition coefficient (Wildman–Crippen LogP) is 2.71. The summed E-state index contributed by atoms with van der Waals surface area (Å²) in [7, 11) is 0. The van der Waals surface area contributed by atoms with Crippen LogP contribution in [0.4, 0.5) is 5.82 Å². The largest absolute Gasteiger partial charge is 0.373 e. The summed E-state index contributed by atoms with van der Waals surface area (Å²) in [5, 5.41) is 3.36. The molecule has 0 atom stereocenters. The van der Waals surface area contributed by atoms with Crippen LogP contribution in [0.15, 0.2) is 0 Å². The molecule has 2 rings (SSSR count). The Kier molecular flexibility index (Phi) is 4.93. The molecule has 1 aromatic rings. The lowest BCUT2D eigenvalue weighted by atomic mass is 9.96. The van der Waals surface area contributed by atoms with Gasteiger partial charge in [0.15, 0.2) is 5.82 Å². The molecule has 1 aliphatic carbocycles. The van der Waals surface area contributed by atoms with Gasteiger partial charge in [-0.05, 0) is 39.0 Å². The molecule has 4 nitrogen and oxygen atoms in total. The molecule has 18 heavy (non-hydrogen) atoms. The minimum Gasteiger partial charge on any atom is -0.373 e. The summed E-state index contributed by atoms with van der Waals surface area (Å²) < 4.78 is 5.54. The third-order valence-corrected chi connectivity index (χ3v) is 3.15. The second-order valence-electron chi connectivity index (χ2n) is 4.70. The van der Waals surface area contributed by atoms with Crippen molar-refractivity contribution in [3.8, 4) is 0 Å². The third-order valence-electron chi connectivity index (χ3n) is 3.15. The highest BCUT2D eigenvalue weighted by Crippen LogP contribution is 2.25. The van der Waals surface area contributed by atoms with Crippen LogP contribution in [0.25, 0.3) is 0 Å². The highest BCUT2D eigenvalue weighted by Gasteiger charge is 2.17. The Morgan fingerprint density at radius 3 is 2.78 bits per heavy atom. The quantitative estimate of drug-likeness (QED) is 0.787. The number of nitrogens with one attached hydrogen (secondary N) is 1. The zero-order valence-corrected chi connectivity index (χ0v) is 11.5. The monoisotopic (exact) mass is 249 g/mol. The fourth-order valence-corrected chi connectivity index (χ4v) is 2.33. The maximum atomic E-state index is 5.54. The van der Waals surface area contributed by atoms with E-state index in [1.165, 1.54) is 24.1 Å². The van der Waals surface area contributed by atoms with Gasteiger partial charge < -0.3 is 10.1 Å². The number of nitrogens with zero attached hydrogens (tertiary/aromatic N) is 2. The van der Waals surface area contributed by atoms with E-state index >= 15 is 0 Å². The Labute approximate surface area is 109 Å². The van der Waals surface area contributed by atoms with E-state index in [9.17, 15) is 0 Å². The van der Waals surface area contributed by atoms with Crippen LogP contribution in [0.1, 0.15) is 50.2 Å². The van der Waals surface area contributed by atoms with E-state index in [0.29, 0.717) is 6.61 Å². The number of anilines is 1. The first-order valence-electron chi connectivity index (χ1n) is 7.05. The van der Waals surface area contributed by atoms with Crippen LogP contribution in [0, 0.1) is 0 Å². The van der Waals surface area contributed by atoms with Crippen LogP contribution >= 0.6 is 0 Å². The summed E-state index contributed by atoms with van der Waals surface area (Å²) in [5.41, 5.74) is 2.55. The smallest absolute Gasteiger partial charge is 0.156 e. The van der Waals surface area contributed by atoms with Gasteiger partial charge >= 0.3 is 0 Å². The zero-order chi connectivity index (χ0) is 12.8. The summed E-state index contributed by atoms with van der Waals surface area (Å²) in [6, 6.07) is 0. The van der Waals surface area contributed by atoms with Crippen LogP contribution in [0.2, 0.25) is 0 Å².